The number of hydrogen-bond donors (Lipinski definition) is 1. The highest BCUT2D eigenvalue weighted by Gasteiger charge is 2.19. The fraction of sp³-hybridized carbons (Fsp3) is 0.333. The zero-order valence-electron chi connectivity index (χ0n) is 10.3. The van der Waals surface area contributed by atoms with Gasteiger partial charge in [-0.25, -0.2) is 0 Å². The number of rotatable bonds is 6. The van der Waals surface area contributed by atoms with Crippen LogP contribution in [-0.4, -0.2) is 6.04 Å². The number of furan rings is 1. The maximum absolute atomic E-state index is 5.63. The van der Waals surface area contributed by atoms with E-state index in [2.05, 4.69) is 17.4 Å². The molecule has 0 unspecified atom stereocenters. The smallest absolute Gasteiger partial charge is 0.146 e. The average molecular weight is 243 g/mol. The van der Waals surface area contributed by atoms with Crippen LogP contribution in [0.4, 0.5) is 0 Å². The molecule has 3 nitrogen and oxygen atoms in total. The van der Waals surface area contributed by atoms with Crippen LogP contribution in [-0.2, 0) is 13.2 Å². The van der Waals surface area contributed by atoms with Crippen molar-refractivity contribution in [3.05, 3.63) is 54.0 Å². The van der Waals surface area contributed by atoms with Gasteiger partial charge in [0.1, 0.15) is 18.1 Å². The van der Waals surface area contributed by atoms with E-state index < -0.39 is 0 Å². The molecule has 94 valence electrons. The summed E-state index contributed by atoms with van der Waals surface area (Å²) in [7, 11) is 0. The van der Waals surface area contributed by atoms with Crippen molar-refractivity contribution in [2.24, 2.45) is 0 Å². The monoisotopic (exact) mass is 243 g/mol. The van der Waals surface area contributed by atoms with Gasteiger partial charge >= 0.3 is 0 Å². The molecule has 3 heteroatoms. The summed E-state index contributed by atoms with van der Waals surface area (Å²) in [6.45, 7) is 1.43. The van der Waals surface area contributed by atoms with Gasteiger partial charge in [0.2, 0.25) is 0 Å². The van der Waals surface area contributed by atoms with Crippen LogP contribution in [0.1, 0.15) is 24.2 Å². The van der Waals surface area contributed by atoms with Crippen LogP contribution in [0.15, 0.2) is 47.1 Å². The lowest BCUT2D eigenvalue weighted by molar-refractivity contribution is 0.270. The molecule has 18 heavy (non-hydrogen) atoms. The van der Waals surface area contributed by atoms with Gasteiger partial charge in [-0.1, -0.05) is 12.1 Å². The number of hydrogen-bond acceptors (Lipinski definition) is 3. The summed E-state index contributed by atoms with van der Waals surface area (Å²) in [5.41, 5.74) is 1.30. The predicted molar refractivity (Wildman–Crippen MR) is 69.3 cm³/mol. The maximum atomic E-state index is 5.63. The van der Waals surface area contributed by atoms with Crippen molar-refractivity contribution in [1.82, 2.24) is 5.32 Å². The highest BCUT2D eigenvalue weighted by molar-refractivity contribution is 5.27. The van der Waals surface area contributed by atoms with Crippen LogP contribution in [0.5, 0.6) is 5.75 Å². The molecule has 1 aliphatic carbocycles. The second-order valence-electron chi connectivity index (χ2n) is 4.67. The fourth-order valence-electron chi connectivity index (χ4n) is 1.80. The molecule has 1 aromatic heterocycles. The van der Waals surface area contributed by atoms with Crippen molar-refractivity contribution in [3.8, 4) is 5.75 Å². The molecule has 0 spiro atoms. The van der Waals surface area contributed by atoms with Crippen LogP contribution in [0.2, 0.25) is 0 Å². The molecule has 1 fully saturated rings. The van der Waals surface area contributed by atoms with Gasteiger partial charge in [0.15, 0.2) is 0 Å². The molecule has 1 saturated carbocycles. The summed E-state index contributed by atoms with van der Waals surface area (Å²) in [6, 6.07) is 12.7. The first kappa shape index (κ1) is 11.4. The Kier molecular flexibility index (Phi) is 3.33. The molecule has 1 aromatic carbocycles. The zero-order chi connectivity index (χ0) is 12.2. The molecular formula is C15H17NO2. The van der Waals surface area contributed by atoms with Gasteiger partial charge in [-0.15, -0.1) is 0 Å². The van der Waals surface area contributed by atoms with Crippen LogP contribution in [0.25, 0.3) is 0 Å². The first-order chi connectivity index (χ1) is 8.90. The van der Waals surface area contributed by atoms with Crippen molar-refractivity contribution in [2.45, 2.75) is 32.0 Å². The summed E-state index contributed by atoms with van der Waals surface area (Å²) in [5.74, 6) is 1.72. The number of benzene rings is 1. The average Bonchev–Trinajstić information content (AvgIpc) is 3.09. The molecule has 0 bridgehead atoms. The molecule has 0 atom stereocenters. The van der Waals surface area contributed by atoms with E-state index in [9.17, 15) is 0 Å². The topological polar surface area (TPSA) is 34.4 Å². The van der Waals surface area contributed by atoms with Crippen LogP contribution in [0.3, 0.4) is 0 Å². The Hall–Kier alpha value is -1.74. The van der Waals surface area contributed by atoms with Crippen molar-refractivity contribution in [2.75, 3.05) is 0 Å². The minimum Gasteiger partial charge on any atom is -0.486 e. The summed E-state index contributed by atoms with van der Waals surface area (Å²) >= 11 is 0. The van der Waals surface area contributed by atoms with Crippen LogP contribution >= 0.6 is 0 Å². The lowest BCUT2D eigenvalue weighted by atomic mass is 10.2. The molecule has 1 N–H and O–H groups in total. The SMILES string of the molecule is c1coc(COc2ccc(CNC3CC3)cc2)c1. The lowest BCUT2D eigenvalue weighted by Crippen LogP contribution is -2.15. The molecule has 3 rings (SSSR count). The standard InChI is InChI=1S/C15H17NO2/c1-2-15(17-9-1)11-18-14-7-3-12(4-8-14)10-16-13-5-6-13/h1-4,7-9,13,16H,5-6,10-11H2. The van der Waals surface area contributed by atoms with E-state index in [1.54, 1.807) is 6.26 Å². The van der Waals surface area contributed by atoms with Crippen LogP contribution < -0.4 is 10.1 Å². The van der Waals surface area contributed by atoms with E-state index >= 15 is 0 Å². The molecule has 1 heterocycles. The highest BCUT2D eigenvalue weighted by atomic mass is 16.5. The van der Waals surface area contributed by atoms with E-state index in [-0.39, 0.29) is 0 Å². The number of nitrogens with one attached hydrogen (secondary N) is 1. The minimum absolute atomic E-state index is 0.479. The third-order valence-corrected chi connectivity index (χ3v) is 3.06. The molecule has 0 aliphatic heterocycles. The second kappa shape index (κ2) is 5.27. The Balaban J connectivity index is 1.50. The lowest BCUT2D eigenvalue weighted by Gasteiger charge is -2.06. The summed E-state index contributed by atoms with van der Waals surface area (Å²) < 4.78 is 10.8. The van der Waals surface area contributed by atoms with Gasteiger partial charge in [-0.2, -0.15) is 0 Å². The molecule has 0 radical (unpaired) electrons. The minimum atomic E-state index is 0.479. The van der Waals surface area contributed by atoms with Crippen molar-refractivity contribution in [3.63, 3.8) is 0 Å². The Labute approximate surface area is 107 Å². The molecule has 0 amide bonds. The molecule has 0 saturated heterocycles. The van der Waals surface area contributed by atoms with Gasteiger partial charge in [0, 0.05) is 12.6 Å². The Morgan fingerprint density at radius 2 is 2.00 bits per heavy atom. The van der Waals surface area contributed by atoms with E-state index in [1.807, 2.05) is 24.3 Å². The highest BCUT2D eigenvalue weighted by Crippen LogP contribution is 2.20. The number of ether oxygens (including phenoxy) is 1. The van der Waals surface area contributed by atoms with Crippen molar-refractivity contribution >= 4 is 0 Å². The van der Waals surface area contributed by atoms with E-state index in [4.69, 9.17) is 9.15 Å². The van der Waals surface area contributed by atoms with Gasteiger partial charge in [0.05, 0.1) is 6.26 Å². The Morgan fingerprint density at radius 1 is 1.17 bits per heavy atom. The molecule has 1 aliphatic rings. The van der Waals surface area contributed by atoms with Gasteiger partial charge in [-0.3, -0.25) is 0 Å². The van der Waals surface area contributed by atoms with Crippen molar-refractivity contribution < 1.29 is 9.15 Å². The fourth-order valence-corrected chi connectivity index (χ4v) is 1.80. The van der Waals surface area contributed by atoms with Gasteiger partial charge in [-0.05, 0) is 42.7 Å². The molecular weight excluding hydrogens is 226 g/mol. The molecule has 2 aromatic rings. The zero-order valence-corrected chi connectivity index (χ0v) is 10.3. The Morgan fingerprint density at radius 3 is 2.67 bits per heavy atom. The van der Waals surface area contributed by atoms with Crippen molar-refractivity contribution in [1.29, 1.82) is 0 Å². The summed E-state index contributed by atoms with van der Waals surface area (Å²) in [6.07, 6.45) is 4.31. The van der Waals surface area contributed by atoms with Gasteiger partial charge < -0.3 is 14.5 Å². The third kappa shape index (κ3) is 3.14. The summed E-state index contributed by atoms with van der Waals surface area (Å²) in [4.78, 5) is 0. The van der Waals surface area contributed by atoms with E-state index in [0.29, 0.717) is 6.61 Å². The second-order valence-corrected chi connectivity index (χ2v) is 4.67. The van der Waals surface area contributed by atoms with Gasteiger partial charge in [0.25, 0.3) is 0 Å². The quantitative estimate of drug-likeness (QED) is 0.846. The van der Waals surface area contributed by atoms with Crippen LogP contribution in [0, 0.1) is 0 Å². The largest absolute Gasteiger partial charge is 0.486 e. The first-order valence-electron chi connectivity index (χ1n) is 6.38. The Bertz CT molecular complexity index is 472. The first-order valence-corrected chi connectivity index (χ1v) is 6.38. The maximum Gasteiger partial charge on any atom is 0.146 e. The normalized spacial score (nSPS) is 14.7. The van der Waals surface area contributed by atoms with E-state index in [1.165, 1.54) is 18.4 Å². The summed E-state index contributed by atoms with van der Waals surface area (Å²) in [5, 5.41) is 3.49. The predicted octanol–water partition coefficient (Wildman–Crippen LogP) is 3.11. The van der Waals surface area contributed by atoms with E-state index in [0.717, 1.165) is 24.1 Å². The third-order valence-electron chi connectivity index (χ3n) is 3.06.